The molecule has 7 heteroatoms. The SMILES string of the molecule is O=C(Nc1ccc(-n2cncn2)cc1)c1cc(=O)[nH]c2ccccc12. The Labute approximate surface area is 142 Å². The number of fused-ring (bicyclic) bond motifs is 1. The van der Waals surface area contributed by atoms with Crippen LogP contribution in [0.3, 0.4) is 0 Å². The summed E-state index contributed by atoms with van der Waals surface area (Å²) in [5.41, 5.74) is 2.10. The molecule has 0 saturated carbocycles. The lowest BCUT2D eigenvalue weighted by atomic mass is 10.1. The predicted octanol–water partition coefficient (Wildman–Crippen LogP) is 2.36. The molecule has 2 aromatic carbocycles. The normalized spacial score (nSPS) is 10.7. The Morgan fingerprint density at radius 3 is 2.64 bits per heavy atom. The van der Waals surface area contributed by atoms with Gasteiger partial charge in [-0.1, -0.05) is 18.2 Å². The summed E-state index contributed by atoms with van der Waals surface area (Å²) in [4.78, 5) is 31.0. The minimum Gasteiger partial charge on any atom is -0.322 e. The zero-order valence-corrected chi connectivity index (χ0v) is 13.0. The van der Waals surface area contributed by atoms with Gasteiger partial charge in [0.1, 0.15) is 12.7 Å². The molecular weight excluding hydrogens is 318 g/mol. The van der Waals surface area contributed by atoms with Gasteiger partial charge in [-0.3, -0.25) is 9.59 Å². The van der Waals surface area contributed by atoms with Gasteiger partial charge < -0.3 is 10.3 Å². The molecule has 0 atom stereocenters. The topological polar surface area (TPSA) is 92.7 Å². The number of anilines is 1. The fourth-order valence-electron chi connectivity index (χ4n) is 2.63. The Kier molecular flexibility index (Phi) is 3.59. The molecule has 0 aliphatic carbocycles. The zero-order chi connectivity index (χ0) is 17.2. The molecular formula is C18H13N5O2. The summed E-state index contributed by atoms with van der Waals surface area (Å²) >= 11 is 0. The van der Waals surface area contributed by atoms with E-state index in [1.54, 1.807) is 35.3 Å². The highest BCUT2D eigenvalue weighted by atomic mass is 16.2. The number of aromatic nitrogens is 4. The first kappa shape index (κ1) is 14.8. The van der Waals surface area contributed by atoms with Gasteiger partial charge in [-0.2, -0.15) is 5.10 Å². The van der Waals surface area contributed by atoms with Crippen LogP contribution in [0, 0.1) is 0 Å². The van der Waals surface area contributed by atoms with E-state index in [1.165, 1.54) is 12.4 Å². The standard InChI is InChI=1S/C18H13N5O2/c24-17-9-15(14-3-1-2-4-16(14)22-17)18(25)21-12-5-7-13(8-6-12)23-11-19-10-20-23/h1-11H,(H,21,25)(H,22,24). The smallest absolute Gasteiger partial charge is 0.256 e. The maximum Gasteiger partial charge on any atom is 0.256 e. The predicted molar refractivity (Wildman–Crippen MR) is 93.9 cm³/mol. The summed E-state index contributed by atoms with van der Waals surface area (Å²) < 4.78 is 1.62. The van der Waals surface area contributed by atoms with Gasteiger partial charge in [0, 0.05) is 22.7 Å². The van der Waals surface area contributed by atoms with E-state index in [2.05, 4.69) is 20.4 Å². The maximum atomic E-state index is 12.6. The van der Waals surface area contributed by atoms with Crippen LogP contribution in [0.1, 0.15) is 10.4 Å². The summed E-state index contributed by atoms with van der Waals surface area (Å²) in [7, 11) is 0. The Balaban J connectivity index is 1.63. The van der Waals surface area contributed by atoms with Crippen molar-refractivity contribution in [3.05, 3.63) is 83.2 Å². The lowest BCUT2D eigenvalue weighted by Crippen LogP contribution is -2.16. The fourth-order valence-corrected chi connectivity index (χ4v) is 2.63. The van der Waals surface area contributed by atoms with Crippen molar-refractivity contribution in [1.29, 1.82) is 0 Å². The first-order chi connectivity index (χ1) is 12.2. The first-order valence-electron chi connectivity index (χ1n) is 7.59. The number of rotatable bonds is 3. The molecule has 2 heterocycles. The number of pyridine rings is 1. The number of benzene rings is 2. The number of nitrogens with zero attached hydrogens (tertiary/aromatic N) is 3. The molecule has 4 aromatic rings. The number of carbonyl (C=O) groups is 1. The quantitative estimate of drug-likeness (QED) is 0.603. The van der Waals surface area contributed by atoms with Gasteiger partial charge in [0.05, 0.1) is 11.3 Å². The van der Waals surface area contributed by atoms with Crippen LogP contribution in [0.25, 0.3) is 16.6 Å². The van der Waals surface area contributed by atoms with Crippen LogP contribution in [0.4, 0.5) is 5.69 Å². The molecule has 0 fully saturated rings. The number of hydrogen-bond acceptors (Lipinski definition) is 4. The van der Waals surface area contributed by atoms with Gasteiger partial charge in [0.2, 0.25) is 5.56 Å². The molecule has 122 valence electrons. The van der Waals surface area contributed by atoms with Gasteiger partial charge in [0.25, 0.3) is 5.91 Å². The highest BCUT2D eigenvalue weighted by Gasteiger charge is 2.12. The second-order valence-electron chi connectivity index (χ2n) is 5.43. The molecule has 0 aliphatic rings. The van der Waals surface area contributed by atoms with Crippen LogP contribution >= 0.6 is 0 Å². The highest BCUT2D eigenvalue weighted by Crippen LogP contribution is 2.17. The molecule has 7 nitrogen and oxygen atoms in total. The van der Waals surface area contributed by atoms with Crippen LogP contribution in [-0.2, 0) is 0 Å². The van der Waals surface area contributed by atoms with Crippen molar-refractivity contribution >= 4 is 22.5 Å². The van der Waals surface area contributed by atoms with E-state index in [0.717, 1.165) is 5.69 Å². The van der Waals surface area contributed by atoms with Gasteiger partial charge >= 0.3 is 0 Å². The summed E-state index contributed by atoms with van der Waals surface area (Å²) in [6.07, 6.45) is 3.05. The number of aromatic amines is 1. The molecule has 0 spiro atoms. The van der Waals surface area contributed by atoms with E-state index >= 15 is 0 Å². The Hall–Kier alpha value is -3.74. The van der Waals surface area contributed by atoms with Crippen LogP contribution in [0.5, 0.6) is 0 Å². The summed E-state index contributed by atoms with van der Waals surface area (Å²) in [6.45, 7) is 0. The number of hydrogen-bond donors (Lipinski definition) is 2. The highest BCUT2D eigenvalue weighted by molar-refractivity contribution is 6.12. The lowest BCUT2D eigenvalue weighted by Gasteiger charge is -2.08. The molecule has 2 aromatic heterocycles. The molecule has 0 unspecified atom stereocenters. The number of carbonyl (C=O) groups excluding carboxylic acids is 1. The monoisotopic (exact) mass is 331 g/mol. The van der Waals surface area contributed by atoms with Crippen molar-refractivity contribution in [2.45, 2.75) is 0 Å². The Morgan fingerprint density at radius 1 is 1.08 bits per heavy atom. The van der Waals surface area contributed by atoms with E-state index in [1.807, 2.05) is 24.3 Å². The van der Waals surface area contributed by atoms with Crippen LogP contribution in [0.2, 0.25) is 0 Å². The van der Waals surface area contributed by atoms with Gasteiger partial charge in [-0.25, -0.2) is 9.67 Å². The van der Waals surface area contributed by atoms with Crippen molar-refractivity contribution in [3.8, 4) is 5.69 Å². The fraction of sp³-hybridized carbons (Fsp3) is 0. The molecule has 0 aliphatic heterocycles. The lowest BCUT2D eigenvalue weighted by molar-refractivity contribution is 0.102. The second-order valence-corrected chi connectivity index (χ2v) is 5.43. The molecule has 25 heavy (non-hydrogen) atoms. The molecule has 0 radical (unpaired) electrons. The second kappa shape index (κ2) is 6.04. The van der Waals surface area contributed by atoms with Gasteiger partial charge in [0.15, 0.2) is 0 Å². The van der Waals surface area contributed by atoms with Crippen molar-refractivity contribution in [3.63, 3.8) is 0 Å². The van der Waals surface area contributed by atoms with Crippen molar-refractivity contribution in [1.82, 2.24) is 19.7 Å². The average molecular weight is 331 g/mol. The first-order valence-corrected chi connectivity index (χ1v) is 7.59. The van der Waals surface area contributed by atoms with E-state index < -0.39 is 0 Å². The zero-order valence-electron chi connectivity index (χ0n) is 13.0. The Morgan fingerprint density at radius 2 is 1.88 bits per heavy atom. The van der Waals surface area contributed by atoms with Crippen LogP contribution in [-0.4, -0.2) is 25.7 Å². The number of nitrogens with one attached hydrogen (secondary N) is 2. The minimum atomic E-state index is -0.337. The van der Waals surface area contributed by atoms with E-state index in [-0.39, 0.29) is 11.5 Å². The summed E-state index contributed by atoms with van der Waals surface area (Å²) in [6, 6.07) is 15.7. The van der Waals surface area contributed by atoms with E-state index in [9.17, 15) is 9.59 Å². The van der Waals surface area contributed by atoms with E-state index in [4.69, 9.17) is 0 Å². The van der Waals surface area contributed by atoms with Crippen molar-refractivity contribution in [2.75, 3.05) is 5.32 Å². The average Bonchev–Trinajstić information content (AvgIpc) is 3.16. The third-order valence-electron chi connectivity index (χ3n) is 3.80. The molecule has 0 bridgehead atoms. The molecule has 0 saturated heterocycles. The Bertz CT molecular complexity index is 1100. The molecule has 2 N–H and O–H groups in total. The minimum absolute atomic E-state index is 0.314. The summed E-state index contributed by atoms with van der Waals surface area (Å²) in [5.74, 6) is -0.337. The van der Waals surface area contributed by atoms with E-state index in [0.29, 0.717) is 22.2 Å². The third-order valence-corrected chi connectivity index (χ3v) is 3.80. The molecule has 4 rings (SSSR count). The third kappa shape index (κ3) is 2.90. The number of H-pyrrole nitrogens is 1. The molecule has 1 amide bonds. The summed E-state index contributed by atoms with van der Waals surface area (Å²) in [5, 5.41) is 7.55. The largest absolute Gasteiger partial charge is 0.322 e. The van der Waals surface area contributed by atoms with Crippen molar-refractivity contribution < 1.29 is 4.79 Å². The number of para-hydroxylation sites is 1. The number of amides is 1. The maximum absolute atomic E-state index is 12.6. The van der Waals surface area contributed by atoms with Crippen LogP contribution < -0.4 is 10.9 Å². The van der Waals surface area contributed by atoms with Crippen LogP contribution in [0.15, 0.2) is 72.0 Å². The van der Waals surface area contributed by atoms with Gasteiger partial charge in [-0.05, 0) is 30.3 Å². The van der Waals surface area contributed by atoms with Gasteiger partial charge in [-0.15, -0.1) is 0 Å². The van der Waals surface area contributed by atoms with Crippen molar-refractivity contribution in [2.24, 2.45) is 0 Å².